The highest BCUT2D eigenvalue weighted by Crippen LogP contribution is 2.32. The number of hydrogen-bond donors (Lipinski definition) is 1. The lowest BCUT2D eigenvalue weighted by molar-refractivity contribution is -0.138. The maximum absolute atomic E-state index is 11.0. The summed E-state index contributed by atoms with van der Waals surface area (Å²) in [5, 5.41) is 19.9. The number of pyridine rings is 1. The number of aryl methyl sites for hydroxylation is 1. The van der Waals surface area contributed by atoms with E-state index < -0.39 is 11.9 Å². The normalized spacial score (nSPS) is 18.0. The van der Waals surface area contributed by atoms with Gasteiger partial charge in [-0.05, 0) is 34.9 Å². The van der Waals surface area contributed by atoms with E-state index in [1.54, 1.807) is 12.1 Å². The number of carboxylic acids is 1. The Morgan fingerprint density at radius 3 is 3.06 bits per heavy atom. The van der Waals surface area contributed by atoms with Crippen molar-refractivity contribution in [1.82, 2.24) is 25.2 Å². The number of carboxylic acid groups (broad SMARTS) is 1. The van der Waals surface area contributed by atoms with Gasteiger partial charge in [-0.15, -0.1) is 5.10 Å². The maximum atomic E-state index is 11.0. The van der Waals surface area contributed by atoms with E-state index in [4.69, 9.17) is 5.11 Å². The summed E-state index contributed by atoms with van der Waals surface area (Å²) in [6.45, 7) is 0. The van der Waals surface area contributed by atoms with Gasteiger partial charge in [0.2, 0.25) is 0 Å². The summed E-state index contributed by atoms with van der Waals surface area (Å²) >= 11 is 0. The first-order valence-corrected chi connectivity index (χ1v) is 5.21. The molecule has 0 bridgehead atoms. The van der Waals surface area contributed by atoms with Crippen LogP contribution in [0.15, 0.2) is 18.5 Å². The molecule has 0 spiro atoms. The Balaban J connectivity index is 2.02. The average molecular weight is 231 g/mol. The first-order valence-electron chi connectivity index (χ1n) is 5.21. The van der Waals surface area contributed by atoms with Crippen molar-refractivity contribution in [2.24, 2.45) is 0 Å². The molecule has 0 saturated heterocycles. The first-order chi connectivity index (χ1) is 8.25. The van der Waals surface area contributed by atoms with Crippen LogP contribution in [0.1, 0.15) is 23.6 Å². The van der Waals surface area contributed by atoms with E-state index >= 15 is 0 Å². The van der Waals surface area contributed by atoms with Gasteiger partial charge in [-0.25, -0.2) is 4.98 Å². The molecule has 0 aliphatic heterocycles. The maximum Gasteiger partial charge on any atom is 0.311 e. The molecule has 2 aromatic heterocycles. The third-order valence-corrected chi connectivity index (χ3v) is 2.92. The Bertz CT molecular complexity index is 566. The van der Waals surface area contributed by atoms with Crippen LogP contribution < -0.4 is 0 Å². The van der Waals surface area contributed by atoms with Gasteiger partial charge in [0, 0.05) is 5.69 Å². The lowest BCUT2D eigenvalue weighted by Crippen LogP contribution is -2.08. The van der Waals surface area contributed by atoms with Crippen molar-refractivity contribution in [2.75, 3.05) is 0 Å². The van der Waals surface area contributed by atoms with E-state index in [9.17, 15) is 4.79 Å². The van der Waals surface area contributed by atoms with Gasteiger partial charge in [-0.2, -0.15) is 4.68 Å². The topological polar surface area (TPSA) is 93.8 Å². The van der Waals surface area contributed by atoms with Crippen molar-refractivity contribution in [3.05, 3.63) is 29.7 Å². The Kier molecular flexibility index (Phi) is 2.10. The average Bonchev–Trinajstić information content (AvgIpc) is 2.97. The lowest BCUT2D eigenvalue weighted by Gasteiger charge is -2.06. The van der Waals surface area contributed by atoms with Crippen LogP contribution in [-0.2, 0) is 11.2 Å². The van der Waals surface area contributed by atoms with Crippen molar-refractivity contribution < 1.29 is 9.90 Å². The zero-order valence-electron chi connectivity index (χ0n) is 8.82. The van der Waals surface area contributed by atoms with Crippen LogP contribution in [0.5, 0.6) is 0 Å². The predicted octanol–water partition coefficient (Wildman–Crippen LogP) is 0.172. The van der Waals surface area contributed by atoms with Crippen LogP contribution in [0.3, 0.4) is 0 Å². The van der Waals surface area contributed by atoms with Gasteiger partial charge in [0.05, 0.1) is 5.92 Å². The molecule has 7 heteroatoms. The molecule has 1 aliphatic rings. The van der Waals surface area contributed by atoms with E-state index in [0.29, 0.717) is 18.7 Å². The molecule has 0 aromatic carbocycles. The van der Waals surface area contributed by atoms with Crippen molar-refractivity contribution in [3.8, 4) is 5.82 Å². The molecular formula is C10H9N5O2. The van der Waals surface area contributed by atoms with Gasteiger partial charge in [-0.3, -0.25) is 4.79 Å². The molecule has 2 aromatic rings. The summed E-state index contributed by atoms with van der Waals surface area (Å²) in [6.07, 6.45) is 2.75. The Labute approximate surface area is 96.1 Å². The molecular weight excluding hydrogens is 222 g/mol. The summed E-state index contributed by atoms with van der Waals surface area (Å²) in [5.41, 5.74) is 1.62. The van der Waals surface area contributed by atoms with Gasteiger partial charge in [-0.1, -0.05) is 6.07 Å². The van der Waals surface area contributed by atoms with E-state index in [1.807, 2.05) is 0 Å². The molecule has 17 heavy (non-hydrogen) atoms. The summed E-state index contributed by atoms with van der Waals surface area (Å²) in [6, 6.07) is 3.53. The third kappa shape index (κ3) is 1.55. The molecule has 3 rings (SSSR count). The minimum atomic E-state index is -0.791. The molecule has 1 aliphatic carbocycles. The summed E-state index contributed by atoms with van der Waals surface area (Å²) < 4.78 is 1.45. The molecule has 2 heterocycles. The Hall–Kier alpha value is -2.31. The fourth-order valence-electron chi connectivity index (χ4n) is 2.11. The second-order valence-corrected chi connectivity index (χ2v) is 3.89. The molecule has 0 fully saturated rings. The monoisotopic (exact) mass is 231 g/mol. The highest BCUT2D eigenvalue weighted by molar-refractivity contribution is 5.77. The van der Waals surface area contributed by atoms with Gasteiger partial charge >= 0.3 is 5.97 Å². The number of aliphatic carboxylic acids is 1. The number of carbonyl (C=O) groups is 1. The van der Waals surface area contributed by atoms with E-state index in [2.05, 4.69) is 20.5 Å². The summed E-state index contributed by atoms with van der Waals surface area (Å²) in [5.74, 6) is -0.610. The molecule has 0 saturated carbocycles. The van der Waals surface area contributed by atoms with Crippen LogP contribution in [0.4, 0.5) is 0 Å². The zero-order chi connectivity index (χ0) is 11.8. The number of fused-ring (bicyclic) bond motifs is 1. The smallest absolute Gasteiger partial charge is 0.311 e. The van der Waals surface area contributed by atoms with Crippen molar-refractivity contribution >= 4 is 5.97 Å². The minimum Gasteiger partial charge on any atom is -0.481 e. The van der Waals surface area contributed by atoms with Crippen LogP contribution >= 0.6 is 0 Å². The van der Waals surface area contributed by atoms with Crippen LogP contribution in [0, 0.1) is 0 Å². The minimum absolute atomic E-state index is 0.430. The summed E-state index contributed by atoms with van der Waals surface area (Å²) in [7, 11) is 0. The number of aromatic nitrogens is 5. The highest BCUT2D eigenvalue weighted by atomic mass is 16.4. The van der Waals surface area contributed by atoms with Gasteiger partial charge in [0.15, 0.2) is 5.82 Å². The number of rotatable bonds is 2. The van der Waals surface area contributed by atoms with Crippen LogP contribution in [0.25, 0.3) is 5.82 Å². The van der Waals surface area contributed by atoms with Crippen molar-refractivity contribution in [1.29, 1.82) is 0 Å². The second kappa shape index (κ2) is 3.62. The third-order valence-electron chi connectivity index (χ3n) is 2.92. The van der Waals surface area contributed by atoms with Crippen molar-refractivity contribution in [2.45, 2.75) is 18.8 Å². The fourth-order valence-corrected chi connectivity index (χ4v) is 2.11. The fraction of sp³-hybridized carbons (Fsp3) is 0.300. The van der Waals surface area contributed by atoms with Crippen LogP contribution in [0.2, 0.25) is 0 Å². The first kappa shape index (κ1) is 9.88. The molecule has 1 atom stereocenters. The molecule has 7 nitrogen and oxygen atoms in total. The van der Waals surface area contributed by atoms with Gasteiger partial charge in [0.1, 0.15) is 6.33 Å². The van der Waals surface area contributed by atoms with Gasteiger partial charge < -0.3 is 5.11 Å². The van der Waals surface area contributed by atoms with Crippen LogP contribution in [-0.4, -0.2) is 36.3 Å². The standard InChI is InChI=1S/C10H9N5O2/c16-10(17)7-1-3-8-6(7)2-4-9(12-8)15-5-11-13-14-15/h2,4-5,7H,1,3H2,(H,16,17)/t7-/m0/s1. The van der Waals surface area contributed by atoms with Gasteiger partial charge in [0.25, 0.3) is 0 Å². The molecule has 0 unspecified atom stereocenters. The van der Waals surface area contributed by atoms with E-state index in [0.717, 1.165) is 11.3 Å². The molecule has 1 N–H and O–H groups in total. The largest absolute Gasteiger partial charge is 0.481 e. The molecule has 0 radical (unpaired) electrons. The molecule has 86 valence electrons. The van der Waals surface area contributed by atoms with E-state index in [1.165, 1.54) is 11.0 Å². The SMILES string of the molecule is O=C(O)[C@H]1CCc2nc(-n3cnnn3)ccc21. The van der Waals surface area contributed by atoms with Crippen molar-refractivity contribution in [3.63, 3.8) is 0 Å². The summed E-state index contributed by atoms with van der Waals surface area (Å²) in [4.78, 5) is 15.4. The quantitative estimate of drug-likeness (QED) is 0.791. The highest BCUT2D eigenvalue weighted by Gasteiger charge is 2.29. The Morgan fingerprint density at radius 2 is 2.35 bits per heavy atom. The Morgan fingerprint density at radius 1 is 1.47 bits per heavy atom. The van der Waals surface area contributed by atoms with E-state index in [-0.39, 0.29) is 0 Å². The lowest BCUT2D eigenvalue weighted by atomic mass is 10.0. The zero-order valence-corrected chi connectivity index (χ0v) is 8.82. The number of tetrazole rings is 1. The number of hydrogen-bond acceptors (Lipinski definition) is 5. The number of nitrogens with zero attached hydrogens (tertiary/aromatic N) is 5. The second-order valence-electron chi connectivity index (χ2n) is 3.89. The molecule has 0 amide bonds. The predicted molar refractivity (Wildman–Crippen MR) is 55.6 cm³/mol.